The summed E-state index contributed by atoms with van der Waals surface area (Å²) < 4.78 is 0. The van der Waals surface area contributed by atoms with Crippen LogP contribution < -0.4 is 10.6 Å². The van der Waals surface area contributed by atoms with Crippen LogP contribution in [-0.4, -0.2) is 29.1 Å². The maximum atomic E-state index is 5.67. The van der Waals surface area contributed by atoms with Gasteiger partial charge >= 0.3 is 0 Å². The minimum Gasteiger partial charge on any atom is -0.338 e. The highest BCUT2D eigenvalue weighted by Crippen LogP contribution is 2.14. The summed E-state index contributed by atoms with van der Waals surface area (Å²) in [7, 11) is 0. The van der Waals surface area contributed by atoms with Crippen molar-refractivity contribution < 1.29 is 0 Å². The number of nitrogens with zero attached hydrogens (tertiary/aromatic N) is 3. The molecule has 0 bridgehead atoms. The molecule has 1 aromatic heterocycles. The van der Waals surface area contributed by atoms with Gasteiger partial charge in [0.15, 0.2) is 0 Å². The smallest absolute Gasteiger partial charge is 0.225 e. The average Bonchev–Trinajstić information content (AvgIpc) is 2.13. The van der Waals surface area contributed by atoms with E-state index < -0.39 is 0 Å². The van der Waals surface area contributed by atoms with Gasteiger partial charge in [0.25, 0.3) is 0 Å². The van der Waals surface area contributed by atoms with E-state index in [9.17, 15) is 0 Å². The number of hydrogen-bond donors (Lipinski definition) is 1. The lowest BCUT2D eigenvalue weighted by atomic mass is 10.1. The zero-order chi connectivity index (χ0) is 9.26. The highest BCUT2D eigenvalue weighted by atomic mass is 15.3. The lowest BCUT2D eigenvalue weighted by Crippen LogP contribution is -2.56. The largest absolute Gasteiger partial charge is 0.338 e. The number of aromatic nitrogens is 2. The minimum absolute atomic E-state index is 0.300. The van der Waals surface area contributed by atoms with E-state index in [4.69, 9.17) is 5.73 Å². The first kappa shape index (κ1) is 8.44. The van der Waals surface area contributed by atoms with Crippen molar-refractivity contribution in [3.05, 3.63) is 18.0 Å². The Bertz CT molecular complexity index is 276. The quantitative estimate of drug-likeness (QED) is 0.702. The van der Waals surface area contributed by atoms with E-state index in [1.165, 1.54) is 5.56 Å². The molecule has 1 aromatic rings. The molecule has 0 aromatic carbocycles. The second-order valence-corrected chi connectivity index (χ2v) is 3.41. The summed E-state index contributed by atoms with van der Waals surface area (Å²) in [5.74, 6) is 0.805. The van der Waals surface area contributed by atoms with Crippen molar-refractivity contribution in [1.29, 1.82) is 0 Å². The number of anilines is 1. The Morgan fingerprint density at radius 3 is 2.54 bits per heavy atom. The van der Waals surface area contributed by atoms with Crippen LogP contribution in [0.5, 0.6) is 0 Å². The van der Waals surface area contributed by atoms with E-state index in [0.29, 0.717) is 6.04 Å². The predicted molar refractivity (Wildman–Crippen MR) is 51.6 cm³/mol. The summed E-state index contributed by atoms with van der Waals surface area (Å²) in [4.78, 5) is 10.6. The minimum atomic E-state index is 0.300. The van der Waals surface area contributed by atoms with Crippen LogP contribution in [0.25, 0.3) is 0 Å². The second kappa shape index (κ2) is 3.30. The van der Waals surface area contributed by atoms with Crippen molar-refractivity contribution in [2.75, 3.05) is 18.0 Å². The summed E-state index contributed by atoms with van der Waals surface area (Å²) in [6, 6.07) is 0.300. The standard InChI is InChI=1S/C9H14N4/c1-2-7-3-11-9(12-4-7)13-5-8(10)6-13/h3-4,8H,2,5-6,10H2,1H3. The van der Waals surface area contributed by atoms with E-state index >= 15 is 0 Å². The first-order valence-corrected chi connectivity index (χ1v) is 4.61. The molecular weight excluding hydrogens is 164 g/mol. The summed E-state index contributed by atoms with van der Waals surface area (Å²) in [6.07, 6.45) is 4.75. The number of nitrogens with two attached hydrogens (primary N) is 1. The van der Waals surface area contributed by atoms with E-state index in [1.54, 1.807) is 0 Å². The molecule has 2 N–H and O–H groups in total. The first-order valence-electron chi connectivity index (χ1n) is 4.61. The third-order valence-corrected chi connectivity index (χ3v) is 2.29. The van der Waals surface area contributed by atoms with Gasteiger partial charge < -0.3 is 10.6 Å². The molecule has 0 amide bonds. The normalized spacial score (nSPS) is 17.2. The van der Waals surface area contributed by atoms with Gasteiger partial charge in [0.1, 0.15) is 0 Å². The maximum absolute atomic E-state index is 5.67. The molecule has 70 valence electrons. The third kappa shape index (κ3) is 1.62. The molecule has 1 saturated heterocycles. The predicted octanol–water partition coefficient (Wildman–Crippen LogP) is 0.186. The van der Waals surface area contributed by atoms with Crippen molar-refractivity contribution in [3.8, 4) is 0 Å². The Morgan fingerprint density at radius 1 is 1.46 bits per heavy atom. The molecule has 0 radical (unpaired) electrons. The molecule has 0 atom stereocenters. The van der Waals surface area contributed by atoms with Gasteiger partial charge in [-0.15, -0.1) is 0 Å². The number of aryl methyl sites for hydroxylation is 1. The molecule has 0 spiro atoms. The van der Waals surface area contributed by atoms with Gasteiger partial charge in [-0.1, -0.05) is 6.92 Å². The molecule has 4 nitrogen and oxygen atoms in total. The zero-order valence-corrected chi connectivity index (χ0v) is 7.77. The molecular formula is C9H14N4. The van der Waals surface area contributed by atoms with Gasteiger partial charge in [-0.25, -0.2) is 9.97 Å². The summed E-state index contributed by atoms with van der Waals surface area (Å²) in [5.41, 5.74) is 6.84. The molecule has 0 aliphatic carbocycles. The van der Waals surface area contributed by atoms with Crippen molar-refractivity contribution in [2.24, 2.45) is 5.73 Å². The fraction of sp³-hybridized carbons (Fsp3) is 0.556. The fourth-order valence-corrected chi connectivity index (χ4v) is 1.37. The maximum Gasteiger partial charge on any atom is 0.225 e. The van der Waals surface area contributed by atoms with Crippen molar-refractivity contribution in [1.82, 2.24) is 9.97 Å². The van der Waals surface area contributed by atoms with Crippen molar-refractivity contribution in [2.45, 2.75) is 19.4 Å². The number of rotatable bonds is 2. The molecule has 0 unspecified atom stereocenters. The van der Waals surface area contributed by atoms with Crippen LogP contribution in [0.4, 0.5) is 5.95 Å². The highest BCUT2D eigenvalue weighted by Gasteiger charge is 2.24. The van der Waals surface area contributed by atoms with E-state index in [1.807, 2.05) is 12.4 Å². The van der Waals surface area contributed by atoms with Gasteiger partial charge in [-0.05, 0) is 12.0 Å². The van der Waals surface area contributed by atoms with Crippen molar-refractivity contribution in [3.63, 3.8) is 0 Å². The molecule has 2 heterocycles. The average molecular weight is 178 g/mol. The van der Waals surface area contributed by atoms with E-state index in [-0.39, 0.29) is 0 Å². The zero-order valence-electron chi connectivity index (χ0n) is 7.77. The van der Waals surface area contributed by atoms with Gasteiger partial charge in [0.05, 0.1) is 0 Å². The lowest BCUT2D eigenvalue weighted by molar-refractivity contribution is 0.508. The SMILES string of the molecule is CCc1cnc(N2CC(N)C2)nc1. The third-order valence-electron chi connectivity index (χ3n) is 2.29. The Morgan fingerprint density at radius 2 is 2.08 bits per heavy atom. The van der Waals surface area contributed by atoms with Gasteiger partial charge in [0, 0.05) is 31.5 Å². The van der Waals surface area contributed by atoms with Crippen LogP contribution in [-0.2, 0) is 6.42 Å². The van der Waals surface area contributed by atoms with Gasteiger partial charge in [-0.2, -0.15) is 0 Å². The van der Waals surface area contributed by atoms with E-state index in [2.05, 4.69) is 21.8 Å². The molecule has 13 heavy (non-hydrogen) atoms. The Labute approximate surface area is 77.8 Å². The molecule has 1 aliphatic rings. The topological polar surface area (TPSA) is 55.0 Å². The lowest BCUT2D eigenvalue weighted by Gasteiger charge is -2.36. The Balaban J connectivity index is 2.06. The second-order valence-electron chi connectivity index (χ2n) is 3.41. The molecule has 2 rings (SSSR count). The summed E-state index contributed by atoms with van der Waals surface area (Å²) in [5, 5.41) is 0. The summed E-state index contributed by atoms with van der Waals surface area (Å²) >= 11 is 0. The van der Waals surface area contributed by atoms with E-state index in [0.717, 1.165) is 25.5 Å². The molecule has 0 saturated carbocycles. The Hall–Kier alpha value is -1.16. The van der Waals surface area contributed by atoms with Crippen LogP contribution in [0.3, 0.4) is 0 Å². The highest BCUT2D eigenvalue weighted by molar-refractivity contribution is 5.34. The van der Waals surface area contributed by atoms with Crippen LogP contribution in [0.15, 0.2) is 12.4 Å². The first-order chi connectivity index (χ1) is 6.29. The molecule has 1 aliphatic heterocycles. The molecule has 4 heteroatoms. The van der Waals surface area contributed by atoms with Gasteiger partial charge in [0.2, 0.25) is 5.95 Å². The van der Waals surface area contributed by atoms with Crippen molar-refractivity contribution >= 4 is 5.95 Å². The fourth-order valence-electron chi connectivity index (χ4n) is 1.37. The summed E-state index contributed by atoms with van der Waals surface area (Å²) in [6.45, 7) is 3.86. The van der Waals surface area contributed by atoms with Crippen LogP contribution in [0.1, 0.15) is 12.5 Å². The van der Waals surface area contributed by atoms with Crippen LogP contribution >= 0.6 is 0 Å². The number of hydrogen-bond acceptors (Lipinski definition) is 4. The monoisotopic (exact) mass is 178 g/mol. The molecule has 1 fully saturated rings. The van der Waals surface area contributed by atoms with Gasteiger partial charge in [-0.3, -0.25) is 0 Å². The Kier molecular flexibility index (Phi) is 2.14. The van der Waals surface area contributed by atoms with Crippen LogP contribution in [0.2, 0.25) is 0 Å². The van der Waals surface area contributed by atoms with Crippen LogP contribution in [0, 0.1) is 0 Å².